The van der Waals surface area contributed by atoms with Gasteiger partial charge in [0.25, 0.3) is 10.1 Å². The van der Waals surface area contributed by atoms with Gasteiger partial charge in [0.05, 0.1) is 20.0 Å². The zero-order valence-electron chi connectivity index (χ0n) is 14.3. The fourth-order valence-corrected chi connectivity index (χ4v) is 4.36. The molecule has 1 heterocycles. The third-order valence-electron chi connectivity index (χ3n) is 4.69. The summed E-state index contributed by atoms with van der Waals surface area (Å²) in [6, 6.07) is -0.900. The van der Waals surface area contributed by atoms with E-state index in [2.05, 4.69) is 0 Å². The second-order valence-electron chi connectivity index (χ2n) is 6.28. The van der Waals surface area contributed by atoms with E-state index >= 15 is 0 Å². The highest BCUT2D eigenvalue weighted by Gasteiger charge is 2.51. The van der Waals surface area contributed by atoms with Crippen molar-refractivity contribution in [1.82, 2.24) is 4.90 Å². The van der Waals surface area contributed by atoms with E-state index in [9.17, 15) is 18.0 Å². The number of carbonyl (C=O) groups is 2. The summed E-state index contributed by atoms with van der Waals surface area (Å²) in [7, 11) is -2.62. The van der Waals surface area contributed by atoms with Gasteiger partial charge in [0.15, 0.2) is 6.23 Å². The summed E-state index contributed by atoms with van der Waals surface area (Å²) in [4.78, 5) is 25.7. The molecule has 8 nitrogen and oxygen atoms in total. The maximum absolute atomic E-state index is 12.3. The lowest BCUT2D eigenvalue weighted by Gasteiger charge is -2.48. The van der Waals surface area contributed by atoms with Crippen LogP contribution in [-0.4, -0.2) is 57.6 Å². The first-order chi connectivity index (χ1) is 11.3. The fourth-order valence-electron chi connectivity index (χ4n) is 3.77. The predicted molar refractivity (Wildman–Crippen MR) is 84.4 cm³/mol. The zero-order valence-corrected chi connectivity index (χ0v) is 15.1. The lowest BCUT2D eigenvalue weighted by Crippen LogP contribution is -2.61. The van der Waals surface area contributed by atoms with E-state index in [1.54, 1.807) is 6.92 Å². The Morgan fingerprint density at radius 2 is 1.88 bits per heavy atom. The second kappa shape index (κ2) is 7.69. The minimum absolute atomic E-state index is 0.112. The standard InChI is InChI=1S/C15H25NO7S/c1-4-22-14(17)12-9-10-7-5-6-8-11(10)13(23-24(3,19)20)16(12)15(18)21-2/h10-13H,4-9H2,1-3H3. The largest absolute Gasteiger partial charge is 0.464 e. The number of amides is 1. The fraction of sp³-hybridized carbons (Fsp3) is 0.867. The van der Waals surface area contributed by atoms with Crippen molar-refractivity contribution in [1.29, 1.82) is 0 Å². The van der Waals surface area contributed by atoms with E-state index in [0.29, 0.717) is 6.42 Å². The molecule has 0 radical (unpaired) electrons. The van der Waals surface area contributed by atoms with Gasteiger partial charge < -0.3 is 9.47 Å². The molecule has 2 aliphatic rings. The predicted octanol–water partition coefficient (Wildman–Crippen LogP) is 1.50. The quantitative estimate of drug-likeness (QED) is 0.551. The Kier molecular flexibility index (Phi) is 6.08. The van der Waals surface area contributed by atoms with Crippen molar-refractivity contribution in [2.24, 2.45) is 11.8 Å². The molecule has 1 amide bonds. The molecule has 2 rings (SSSR count). The summed E-state index contributed by atoms with van der Waals surface area (Å²) in [5.41, 5.74) is 0. The number of hydrogen-bond donors (Lipinski definition) is 0. The summed E-state index contributed by atoms with van der Waals surface area (Å²) in [6.07, 6.45) is 3.11. The highest BCUT2D eigenvalue weighted by Crippen LogP contribution is 2.43. The molecule has 1 aliphatic carbocycles. The van der Waals surface area contributed by atoms with Gasteiger partial charge in [-0.25, -0.2) is 13.8 Å². The number of methoxy groups -OCH3 is 1. The summed E-state index contributed by atoms with van der Waals surface area (Å²) in [6.45, 7) is 1.85. The first-order valence-electron chi connectivity index (χ1n) is 8.19. The molecule has 2 fully saturated rings. The lowest BCUT2D eigenvalue weighted by atomic mass is 9.72. The number of rotatable bonds is 4. The molecule has 0 N–H and O–H groups in total. The topological polar surface area (TPSA) is 99.2 Å². The van der Waals surface area contributed by atoms with Crippen LogP contribution in [0.25, 0.3) is 0 Å². The second-order valence-corrected chi connectivity index (χ2v) is 7.88. The maximum atomic E-state index is 12.3. The Morgan fingerprint density at radius 1 is 1.21 bits per heavy atom. The van der Waals surface area contributed by atoms with Gasteiger partial charge in [0, 0.05) is 5.92 Å². The average Bonchev–Trinajstić information content (AvgIpc) is 2.52. The first kappa shape index (κ1) is 19.0. The third kappa shape index (κ3) is 4.18. The van der Waals surface area contributed by atoms with Crippen LogP contribution in [0.15, 0.2) is 0 Å². The number of carbonyl (C=O) groups excluding carboxylic acids is 2. The molecule has 0 aromatic carbocycles. The molecule has 24 heavy (non-hydrogen) atoms. The van der Waals surface area contributed by atoms with Crippen LogP contribution >= 0.6 is 0 Å². The molecule has 4 unspecified atom stereocenters. The van der Waals surface area contributed by atoms with E-state index in [4.69, 9.17) is 13.7 Å². The SMILES string of the molecule is CCOC(=O)C1CC2CCCCC2C(OS(C)(=O)=O)N1C(=O)OC. The average molecular weight is 363 g/mol. The van der Waals surface area contributed by atoms with Crippen molar-refractivity contribution in [3.8, 4) is 0 Å². The van der Waals surface area contributed by atoms with Crippen LogP contribution in [0.5, 0.6) is 0 Å². The van der Waals surface area contributed by atoms with Gasteiger partial charge in [0.2, 0.25) is 0 Å². The molecule has 0 spiro atoms. The number of piperidine rings is 1. The van der Waals surface area contributed by atoms with Crippen LogP contribution in [-0.2, 0) is 28.6 Å². The van der Waals surface area contributed by atoms with E-state index < -0.39 is 34.5 Å². The molecule has 0 aromatic heterocycles. The lowest BCUT2D eigenvalue weighted by molar-refractivity contribution is -0.163. The van der Waals surface area contributed by atoms with Crippen LogP contribution in [0.1, 0.15) is 39.0 Å². The monoisotopic (exact) mass is 363 g/mol. The van der Waals surface area contributed by atoms with Gasteiger partial charge >= 0.3 is 12.1 Å². The van der Waals surface area contributed by atoms with E-state index in [-0.39, 0.29) is 18.4 Å². The number of esters is 1. The minimum atomic E-state index is -3.81. The minimum Gasteiger partial charge on any atom is -0.464 e. The zero-order chi connectivity index (χ0) is 17.9. The van der Waals surface area contributed by atoms with Crippen LogP contribution in [0.2, 0.25) is 0 Å². The number of ether oxygens (including phenoxy) is 2. The van der Waals surface area contributed by atoms with Crippen LogP contribution in [0.3, 0.4) is 0 Å². The van der Waals surface area contributed by atoms with Crippen molar-refractivity contribution in [3.63, 3.8) is 0 Å². The highest BCUT2D eigenvalue weighted by molar-refractivity contribution is 7.86. The van der Waals surface area contributed by atoms with Crippen LogP contribution < -0.4 is 0 Å². The van der Waals surface area contributed by atoms with Crippen LogP contribution in [0.4, 0.5) is 4.79 Å². The molecule has 9 heteroatoms. The molecule has 138 valence electrons. The molecule has 0 aromatic rings. The molecular formula is C15H25NO7S. The Hall–Kier alpha value is -1.35. The Morgan fingerprint density at radius 3 is 2.46 bits per heavy atom. The third-order valence-corrected chi connectivity index (χ3v) is 5.23. The number of hydrogen-bond acceptors (Lipinski definition) is 7. The van der Waals surface area contributed by atoms with Gasteiger partial charge in [-0.3, -0.25) is 4.90 Å². The summed E-state index contributed by atoms with van der Waals surface area (Å²) < 4.78 is 38.5. The molecule has 1 saturated carbocycles. The van der Waals surface area contributed by atoms with Gasteiger partial charge in [-0.15, -0.1) is 0 Å². The van der Waals surface area contributed by atoms with Gasteiger partial charge in [0.1, 0.15) is 6.04 Å². The molecular weight excluding hydrogens is 338 g/mol. The van der Waals surface area contributed by atoms with Crippen molar-refractivity contribution in [2.45, 2.75) is 51.3 Å². The molecule has 1 aliphatic heterocycles. The Bertz CT molecular complexity index is 576. The summed E-state index contributed by atoms with van der Waals surface area (Å²) >= 11 is 0. The summed E-state index contributed by atoms with van der Waals surface area (Å²) in [5.74, 6) is -0.590. The van der Waals surface area contributed by atoms with Gasteiger partial charge in [-0.05, 0) is 32.1 Å². The normalized spacial score (nSPS) is 30.4. The first-order valence-corrected chi connectivity index (χ1v) is 10.0. The number of nitrogens with zero attached hydrogens (tertiary/aromatic N) is 1. The van der Waals surface area contributed by atoms with Gasteiger partial charge in [-0.1, -0.05) is 12.8 Å². The van der Waals surface area contributed by atoms with Crippen molar-refractivity contribution < 1.29 is 31.7 Å². The maximum Gasteiger partial charge on any atom is 0.412 e. The smallest absolute Gasteiger partial charge is 0.412 e. The van der Waals surface area contributed by atoms with Crippen molar-refractivity contribution >= 4 is 22.2 Å². The molecule has 1 saturated heterocycles. The molecule has 4 atom stereocenters. The Balaban J connectivity index is 2.40. The molecule has 0 bridgehead atoms. The number of likely N-dealkylation sites (tertiary alicyclic amines) is 1. The van der Waals surface area contributed by atoms with E-state index in [1.807, 2.05) is 0 Å². The van der Waals surface area contributed by atoms with Crippen molar-refractivity contribution in [3.05, 3.63) is 0 Å². The van der Waals surface area contributed by atoms with E-state index in [1.165, 1.54) is 7.11 Å². The van der Waals surface area contributed by atoms with Crippen LogP contribution in [0, 0.1) is 11.8 Å². The Labute approximate surface area is 142 Å². The van der Waals surface area contributed by atoms with Crippen molar-refractivity contribution in [2.75, 3.05) is 20.0 Å². The van der Waals surface area contributed by atoms with E-state index in [0.717, 1.165) is 36.8 Å². The highest BCUT2D eigenvalue weighted by atomic mass is 32.2. The van der Waals surface area contributed by atoms with Gasteiger partial charge in [-0.2, -0.15) is 8.42 Å². The summed E-state index contributed by atoms with van der Waals surface area (Å²) in [5, 5.41) is 0. The number of fused-ring (bicyclic) bond motifs is 1.